The van der Waals surface area contributed by atoms with E-state index in [-0.39, 0.29) is 15.5 Å². The zero-order valence-electron chi connectivity index (χ0n) is 17.8. The summed E-state index contributed by atoms with van der Waals surface area (Å²) in [4.78, 5) is 30.2. The van der Waals surface area contributed by atoms with Crippen molar-refractivity contribution in [3.8, 4) is 0 Å². The van der Waals surface area contributed by atoms with E-state index in [2.05, 4.69) is 15.1 Å². The summed E-state index contributed by atoms with van der Waals surface area (Å²) in [7, 11) is 0. The minimum atomic E-state index is -4.59. The molecule has 180 valence electrons. The standard InChI is InChI=1S/C21H24ClF3N4O3S/c22-16-13-15(21(23,24)25)11-14(12-17-19(30)26-20(31)33-17)18(16)29-5-3-27(4-6-29)1-2-28-7-9-32-10-8-28/h11-13H,1-10H2,(H,26,30,31)/b17-12+. The Hall–Kier alpha value is -1.79. The number of nitrogens with one attached hydrogen (secondary N) is 1. The van der Waals surface area contributed by atoms with Gasteiger partial charge in [0.25, 0.3) is 11.1 Å². The predicted molar refractivity (Wildman–Crippen MR) is 121 cm³/mol. The number of imide groups is 1. The molecule has 1 aromatic carbocycles. The van der Waals surface area contributed by atoms with Gasteiger partial charge in [0, 0.05) is 57.9 Å². The van der Waals surface area contributed by atoms with Crippen LogP contribution in [-0.4, -0.2) is 86.5 Å². The van der Waals surface area contributed by atoms with Crippen LogP contribution in [-0.2, 0) is 15.7 Å². The lowest BCUT2D eigenvalue weighted by molar-refractivity contribution is -0.137. The Labute approximate surface area is 198 Å². The first kappa shape index (κ1) is 24.3. The van der Waals surface area contributed by atoms with E-state index in [0.717, 1.165) is 64.6 Å². The Bertz CT molecular complexity index is 945. The summed E-state index contributed by atoms with van der Waals surface area (Å²) >= 11 is 7.01. The molecular formula is C21H24ClF3N4O3S. The molecule has 0 spiro atoms. The number of nitrogens with zero attached hydrogens (tertiary/aromatic N) is 3. The van der Waals surface area contributed by atoms with Crippen molar-refractivity contribution in [3.63, 3.8) is 0 Å². The number of rotatable bonds is 5. The molecule has 1 aromatic rings. The van der Waals surface area contributed by atoms with Crippen LogP contribution in [0, 0.1) is 0 Å². The Morgan fingerprint density at radius 3 is 2.24 bits per heavy atom. The second kappa shape index (κ2) is 10.2. The molecule has 0 bridgehead atoms. The van der Waals surface area contributed by atoms with Crippen LogP contribution in [0.4, 0.5) is 23.7 Å². The molecule has 3 saturated heterocycles. The van der Waals surface area contributed by atoms with Gasteiger partial charge in [-0.2, -0.15) is 13.2 Å². The largest absolute Gasteiger partial charge is 0.416 e. The second-order valence-corrected chi connectivity index (χ2v) is 9.45. The van der Waals surface area contributed by atoms with E-state index in [1.54, 1.807) is 0 Å². The van der Waals surface area contributed by atoms with E-state index in [1.807, 2.05) is 4.90 Å². The summed E-state index contributed by atoms with van der Waals surface area (Å²) in [5.41, 5.74) is -0.288. The van der Waals surface area contributed by atoms with Crippen LogP contribution in [0.1, 0.15) is 11.1 Å². The first-order valence-electron chi connectivity index (χ1n) is 10.6. The average molecular weight is 505 g/mol. The van der Waals surface area contributed by atoms with Gasteiger partial charge in [-0.1, -0.05) is 11.6 Å². The summed E-state index contributed by atoms with van der Waals surface area (Å²) in [6, 6.07) is 1.90. The number of morpholine rings is 1. The predicted octanol–water partition coefficient (Wildman–Crippen LogP) is 3.14. The normalized spacial score (nSPS) is 22.3. The molecule has 7 nitrogen and oxygen atoms in total. The highest BCUT2D eigenvalue weighted by Gasteiger charge is 2.34. The van der Waals surface area contributed by atoms with Crippen molar-refractivity contribution >= 4 is 46.3 Å². The molecule has 4 rings (SSSR count). The number of hydrogen-bond donors (Lipinski definition) is 1. The van der Waals surface area contributed by atoms with E-state index < -0.39 is 22.9 Å². The van der Waals surface area contributed by atoms with E-state index in [0.29, 0.717) is 30.5 Å². The zero-order chi connectivity index (χ0) is 23.6. The van der Waals surface area contributed by atoms with Crippen molar-refractivity contribution < 1.29 is 27.5 Å². The van der Waals surface area contributed by atoms with Gasteiger partial charge in [-0.05, 0) is 30.0 Å². The number of carbonyl (C=O) groups is 2. The molecule has 2 amide bonds. The lowest BCUT2D eigenvalue weighted by atomic mass is 10.0. The first-order valence-corrected chi connectivity index (χ1v) is 11.8. The zero-order valence-corrected chi connectivity index (χ0v) is 19.4. The molecule has 0 atom stereocenters. The molecule has 3 fully saturated rings. The monoisotopic (exact) mass is 504 g/mol. The van der Waals surface area contributed by atoms with E-state index in [9.17, 15) is 22.8 Å². The first-order chi connectivity index (χ1) is 15.7. The maximum Gasteiger partial charge on any atom is 0.416 e. The summed E-state index contributed by atoms with van der Waals surface area (Å²) in [6.45, 7) is 7.86. The Kier molecular flexibility index (Phi) is 7.54. The molecular weight excluding hydrogens is 481 g/mol. The molecule has 33 heavy (non-hydrogen) atoms. The van der Waals surface area contributed by atoms with Crippen LogP contribution in [0.25, 0.3) is 6.08 Å². The van der Waals surface area contributed by atoms with Gasteiger partial charge in [0.2, 0.25) is 0 Å². The number of anilines is 1. The Morgan fingerprint density at radius 1 is 1.03 bits per heavy atom. The Balaban J connectivity index is 1.51. The van der Waals surface area contributed by atoms with Crippen molar-refractivity contribution in [2.24, 2.45) is 0 Å². The van der Waals surface area contributed by atoms with Crippen molar-refractivity contribution in [2.75, 3.05) is 70.5 Å². The fourth-order valence-electron chi connectivity index (χ4n) is 4.09. The third-order valence-corrected chi connectivity index (χ3v) is 6.97. The lowest BCUT2D eigenvalue weighted by Gasteiger charge is -2.38. The molecule has 0 unspecified atom stereocenters. The number of hydrogen-bond acceptors (Lipinski definition) is 7. The van der Waals surface area contributed by atoms with Crippen LogP contribution in [0.5, 0.6) is 0 Å². The minimum Gasteiger partial charge on any atom is -0.379 e. The van der Waals surface area contributed by atoms with Gasteiger partial charge < -0.3 is 9.64 Å². The number of thioether (sulfide) groups is 1. The van der Waals surface area contributed by atoms with Gasteiger partial charge in [-0.25, -0.2) is 0 Å². The van der Waals surface area contributed by atoms with Crippen molar-refractivity contribution in [1.29, 1.82) is 0 Å². The molecule has 12 heteroatoms. The minimum absolute atomic E-state index is 0.0341. The lowest BCUT2D eigenvalue weighted by Crippen LogP contribution is -2.49. The van der Waals surface area contributed by atoms with Crippen LogP contribution >= 0.6 is 23.4 Å². The highest BCUT2D eigenvalue weighted by atomic mass is 35.5. The topological polar surface area (TPSA) is 65.1 Å². The summed E-state index contributed by atoms with van der Waals surface area (Å²) in [5.74, 6) is -0.627. The van der Waals surface area contributed by atoms with Gasteiger partial charge in [-0.3, -0.25) is 24.7 Å². The number of carbonyl (C=O) groups excluding carboxylic acids is 2. The third-order valence-electron chi connectivity index (χ3n) is 5.87. The summed E-state index contributed by atoms with van der Waals surface area (Å²) in [6.07, 6.45) is -3.28. The highest BCUT2D eigenvalue weighted by molar-refractivity contribution is 8.18. The number of ether oxygens (including phenoxy) is 1. The quantitative estimate of drug-likeness (QED) is 0.618. The maximum atomic E-state index is 13.4. The fourth-order valence-corrected chi connectivity index (χ4v) is 5.11. The molecule has 0 aliphatic carbocycles. The fraction of sp³-hybridized carbons (Fsp3) is 0.524. The van der Waals surface area contributed by atoms with Crippen LogP contribution in [0.2, 0.25) is 5.02 Å². The average Bonchev–Trinajstić information content (AvgIpc) is 3.09. The molecule has 0 saturated carbocycles. The molecule has 0 aromatic heterocycles. The van der Waals surface area contributed by atoms with Crippen LogP contribution < -0.4 is 10.2 Å². The molecule has 3 aliphatic rings. The maximum absolute atomic E-state index is 13.4. The van der Waals surface area contributed by atoms with Gasteiger partial charge in [0.1, 0.15) is 0 Å². The van der Waals surface area contributed by atoms with Crippen molar-refractivity contribution in [3.05, 3.63) is 33.2 Å². The highest BCUT2D eigenvalue weighted by Crippen LogP contribution is 2.40. The van der Waals surface area contributed by atoms with Gasteiger partial charge in [0.15, 0.2) is 0 Å². The molecule has 3 heterocycles. The van der Waals surface area contributed by atoms with Crippen molar-refractivity contribution in [2.45, 2.75) is 6.18 Å². The van der Waals surface area contributed by atoms with Crippen molar-refractivity contribution in [1.82, 2.24) is 15.1 Å². The van der Waals surface area contributed by atoms with Gasteiger partial charge in [0.05, 0.1) is 34.4 Å². The van der Waals surface area contributed by atoms with E-state index in [1.165, 1.54) is 6.08 Å². The van der Waals surface area contributed by atoms with E-state index >= 15 is 0 Å². The third kappa shape index (κ3) is 6.02. The van der Waals surface area contributed by atoms with Crippen LogP contribution in [0.3, 0.4) is 0 Å². The van der Waals surface area contributed by atoms with Gasteiger partial charge >= 0.3 is 6.18 Å². The summed E-state index contributed by atoms with van der Waals surface area (Å²) in [5, 5.41) is 1.53. The molecule has 1 N–H and O–H groups in total. The second-order valence-electron chi connectivity index (χ2n) is 8.03. The number of alkyl halides is 3. The number of amides is 2. The summed E-state index contributed by atoms with van der Waals surface area (Å²) < 4.78 is 45.6. The van der Waals surface area contributed by atoms with E-state index in [4.69, 9.17) is 16.3 Å². The SMILES string of the molecule is O=C1NC(=O)/C(=C\c2cc(C(F)(F)F)cc(Cl)c2N2CCN(CCN3CCOCC3)CC2)S1. The van der Waals surface area contributed by atoms with Gasteiger partial charge in [-0.15, -0.1) is 0 Å². The number of halogens is 4. The number of benzene rings is 1. The number of piperazine rings is 1. The molecule has 0 radical (unpaired) electrons. The smallest absolute Gasteiger partial charge is 0.379 e. The Morgan fingerprint density at radius 2 is 1.67 bits per heavy atom. The van der Waals surface area contributed by atoms with Crippen LogP contribution in [0.15, 0.2) is 17.0 Å². The molecule has 3 aliphatic heterocycles.